The molecule has 3 aliphatic heterocycles. The number of fused-ring (bicyclic) bond motifs is 8. The summed E-state index contributed by atoms with van der Waals surface area (Å²) in [6.07, 6.45) is 1.96. The van der Waals surface area contributed by atoms with Crippen LogP contribution in [0.5, 0.6) is 11.5 Å². The molecule has 0 radical (unpaired) electrons. The second kappa shape index (κ2) is 9.82. The van der Waals surface area contributed by atoms with Gasteiger partial charge in [0.25, 0.3) is 11.8 Å². The second-order valence-electron chi connectivity index (χ2n) is 8.84. The van der Waals surface area contributed by atoms with Crippen molar-refractivity contribution in [3.63, 3.8) is 0 Å². The Labute approximate surface area is 204 Å². The van der Waals surface area contributed by atoms with Gasteiger partial charge in [-0.3, -0.25) is 9.59 Å². The second-order valence-corrected chi connectivity index (χ2v) is 8.84. The molecule has 182 valence electrons. The Kier molecular flexibility index (Phi) is 6.44. The Morgan fingerprint density at radius 1 is 1.17 bits per heavy atom. The fourth-order valence-electron chi connectivity index (χ4n) is 4.81. The predicted octanol–water partition coefficient (Wildman–Crippen LogP) is 3.61. The number of carbonyl (C=O) groups is 2. The molecule has 6 bridgehead atoms. The summed E-state index contributed by atoms with van der Waals surface area (Å²) < 4.78 is 17.1. The highest BCUT2D eigenvalue weighted by Gasteiger charge is 2.35. The van der Waals surface area contributed by atoms with Gasteiger partial charge in [-0.15, -0.1) is 0 Å². The summed E-state index contributed by atoms with van der Waals surface area (Å²) in [5, 5.41) is 6.95. The third-order valence-corrected chi connectivity index (χ3v) is 6.54. The number of ether oxygens (including phenoxy) is 2. The molecule has 2 amide bonds. The van der Waals surface area contributed by atoms with Crippen LogP contribution < -0.4 is 14.8 Å². The minimum absolute atomic E-state index is 0.0424. The van der Waals surface area contributed by atoms with Crippen molar-refractivity contribution >= 4 is 11.8 Å². The summed E-state index contributed by atoms with van der Waals surface area (Å²) in [5.74, 6) is 1.65. The van der Waals surface area contributed by atoms with Crippen molar-refractivity contribution in [3.05, 3.63) is 76.2 Å². The zero-order valence-electron chi connectivity index (χ0n) is 20.0. The smallest absolute Gasteiger partial charge is 0.260 e. The molecule has 1 atom stereocenters. The lowest BCUT2D eigenvalue weighted by Crippen LogP contribution is -2.41. The van der Waals surface area contributed by atoms with Crippen LogP contribution >= 0.6 is 0 Å². The van der Waals surface area contributed by atoms with Crippen molar-refractivity contribution in [2.45, 2.75) is 39.2 Å². The molecular formula is C27H29N3O5. The Hall–Kier alpha value is -3.81. The van der Waals surface area contributed by atoms with Crippen LogP contribution in [0.15, 0.2) is 47.0 Å². The average molecular weight is 476 g/mol. The minimum atomic E-state index is -0.306. The molecule has 1 unspecified atom stereocenters. The van der Waals surface area contributed by atoms with E-state index in [1.54, 1.807) is 6.92 Å². The molecule has 6 rings (SSSR count). The number of aromatic nitrogens is 1. The average Bonchev–Trinajstić information content (AvgIpc) is 3.26. The zero-order chi connectivity index (χ0) is 24.4. The van der Waals surface area contributed by atoms with E-state index < -0.39 is 0 Å². The standard InChI is InChI=1S/C27H29N3O5/c1-3-23-25(17(2)35-29-23)27(32)30-12-10-18-14-21-8-9-22(18)26(30)19-6-4-7-20(15-19)33-13-5-11-28-24(31)16-34-21/h4,6-9,14-15,26H,3,5,10-13,16H2,1-2H3,(H,28,31). The van der Waals surface area contributed by atoms with Crippen molar-refractivity contribution in [3.8, 4) is 11.5 Å². The van der Waals surface area contributed by atoms with E-state index in [1.165, 1.54) is 0 Å². The number of nitrogens with one attached hydrogen (secondary N) is 1. The van der Waals surface area contributed by atoms with Gasteiger partial charge in [-0.2, -0.15) is 0 Å². The van der Waals surface area contributed by atoms with Crippen LogP contribution in [-0.4, -0.2) is 48.2 Å². The van der Waals surface area contributed by atoms with E-state index in [0.29, 0.717) is 61.7 Å². The van der Waals surface area contributed by atoms with Gasteiger partial charge in [0.1, 0.15) is 22.8 Å². The maximum Gasteiger partial charge on any atom is 0.260 e. The number of amides is 2. The Morgan fingerprint density at radius 3 is 2.89 bits per heavy atom. The highest BCUT2D eigenvalue weighted by molar-refractivity contribution is 5.97. The fourth-order valence-corrected chi connectivity index (χ4v) is 4.81. The number of benzene rings is 2. The summed E-state index contributed by atoms with van der Waals surface area (Å²) in [6.45, 7) is 5.21. The Morgan fingerprint density at radius 2 is 2.03 bits per heavy atom. The molecule has 0 fully saturated rings. The first-order valence-corrected chi connectivity index (χ1v) is 12.1. The van der Waals surface area contributed by atoms with Gasteiger partial charge >= 0.3 is 0 Å². The minimum Gasteiger partial charge on any atom is -0.494 e. The van der Waals surface area contributed by atoms with E-state index >= 15 is 0 Å². The maximum absolute atomic E-state index is 13.9. The van der Waals surface area contributed by atoms with E-state index in [-0.39, 0.29) is 24.5 Å². The molecule has 8 heteroatoms. The maximum atomic E-state index is 13.9. The topological polar surface area (TPSA) is 93.9 Å². The molecule has 3 aliphatic rings. The summed E-state index contributed by atoms with van der Waals surface area (Å²) in [4.78, 5) is 27.9. The fraction of sp³-hybridized carbons (Fsp3) is 0.370. The van der Waals surface area contributed by atoms with Gasteiger partial charge in [-0.25, -0.2) is 0 Å². The molecule has 4 heterocycles. The van der Waals surface area contributed by atoms with Gasteiger partial charge in [-0.1, -0.05) is 30.3 Å². The number of carbonyl (C=O) groups excluding carboxylic acids is 2. The van der Waals surface area contributed by atoms with Crippen molar-refractivity contribution in [2.24, 2.45) is 0 Å². The summed E-state index contributed by atoms with van der Waals surface area (Å²) in [5.41, 5.74) is 4.30. The number of hydrogen-bond acceptors (Lipinski definition) is 6. The van der Waals surface area contributed by atoms with Crippen LogP contribution in [0.1, 0.15) is 57.9 Å². The van der Waals surface area contributed by atoms with Crippen LogP contribution in [0.3, 0.4) is 0 Å². The summed E-state index contributed by atoms with van der Waals surface area (Å²) in [6, 6.07) is 13.4. The van der Waals surface area contributed by atoms with E-state index in [0.717, 1.165) is 22.4 Å². The van der Waals surface area contributed by atoms with Gasteiger partial charge in [0.05, 0.1) is 18.3 Å². The van der Waals surface area contributed by atoms with Crippen LogP contribution in [0.4, 0.5) is 0 Å². The van der Waals surface area contributed by atoms with Gasteiger partial charge in [0, 0.05) is 13.1 Å². The zero-order valence-corrected chi connectivity index (χ0v) is 20.0. The highest BCUT2D eigenvalue weighted by atomic mass is 16.5. The molecule has 1 N–H and O–H groups in total. The highest BCUT2D eigenvalue weighted by Crippen LogP contribution is 2.39. The molecule has 1 aromatic heterocycles. The molecule has 0 spiro atoms. The van der Waals surface area contributed by atoms with Crippen LogP contribution in [0, 0.1) is 6.92 Å². The van der Waals surface area contributed by atoms with Crippen molar-refractivity contribution < 1.29 is 23.6 Å². The first kappa shape index (κ1) is 23.0. The molecule has 0 saturated heterocycles. The lowest BCUT2D eigenvalue weighted by Gasteiger charge is -2.38. The number of nitrogens with zero attached hydrogens (tertiary/aromatic N) is 2. The summed E-state index contributed by atoms with van der Waals surface area (Å²) in [7, 11) is 0. The van der Waals surface area contributed by atoms with Gasteiger partial charge < -0.3 is 24.2 Å². The molecule has 0 aliphatic carbocycles. The van der Waals surface area contributed by atoms with Gasteiger partial charge in [0.2, 0.25) is 0 Å². The quantitative estimate of drug-likeness (QED) is 0.609. The first-order valence-electron chi connectivity index (χ1n) is 12.1. The third-order valence-electron chi connectivity index (χ3n) is 6.54. The van der Waals surface area contributed by atoms with Gasteiger partial charge in [0.15, 0.2) is 6.61 Å². The lowest BCUT2D eigenvalue weighted by atomic mass is 9.87. The first-order chi connectivity index (χ1) is 17.0. The van der Waals surface area contributed by atoms with Crippen LogP contribution in [0.25, 0.3) is 0 Å². The molecule has 0 saturated carbocycles. The largest absolute Gasteiger partial charge is 0.494 e. The van der Waals surface area contributed by atoms with E-state index in [1.807, 2.05) is 54.3 Å². The SMILES string of the molecule is CCc1noc(C)c1C(=O)N1CCc2cc3ccc2C1c1cccc(c1)OCCCNC(=O)CO3. The lowest BCUT2D eigenvalue weighted by molar-refractivity contribution is -0.123. The monoisotopic (exact) mass is 475 g/mol. The number of aryl methyl sites for hydroxylation is 2. The van der Waals surface area contributed by atoms with Crippen molar-refractivity contribution in [1.82, 2.24) is 15.4 Å². The van der Waals surface area contributed by atoms with E-state index in [2.05, 4.69) is 10.5 Å². The number of rotatable bonds is 2. The normalized spacial score (nSPS) is 17.9. The van der Waals surface area contributed by atoms with Crippen molar-refractivity contribution in [2.75, 3.05) is 26.3 Å². The molecule has 8 nitrogen and oxygen atoms in total. The van der Waals surface area contributed by atoms with E-state index in [9.17, 15) is 9.59 Å². The molecule has 35 heavy (non-hydrogen) atoms. The van der Waals surface area contributed by atoms with E-state index in [4.69, 9.17) is 14.0 Å². The van der Waals surface area contributed by atoms with Gasteiger partial charge in [-0.05, 0) is 67.1 Å². The molecule has 3 aromatic rings. The summed E-state index contributed by atoms with van der Waals surface area (Å²) >= 11 is 0. The Bertz CT molecular complexity index is 1250. The van der Waals surface area contributed by atoms with Crippen LogP contribution in [-0.2, 0) is 17.6 Å². The van der Waals surface area contributed by atoms with Crippen molar-refractivity contribution in [1.29, 1.82) is 0 Å². The van der Waals surface area contributed by atoms with Crippen LogP contribution in [0.2, 0.25) is 0 Å². The molecular weight excluding hydrogens is 446 g/mol. The Balaban J connectivity index is 1.59. The molecule has 2 aromatic carbocycles. The number of hydrogen-bond donors (Lipinski definition) is 1. The predicted molar refractivity (Wildman–Crippen MR) is 129 cm³/mol. The third kappa shape index (κ3) is 4.60.